The molecule has 4 aromatic heterocycles. The van der Waals surface area contributed by atoms with E-state index in [9.17, 15) is 0 Å². The highest BCUT2D eigenvalue weighted by molar-refractivity contribution is 5.79. The second kappa shape index (κ2) is 6.87. The average Bonchev–Trinajstić information content (AvgIpc) is 3.22. The maximum Gasteiger partial charge on any atom is 0.137 e. The fourth-order valence-corrected chi connectivity index (χ4v) is 2.76. The molecule has 24 heavy (non-hydrogen) atoms. The number of pyridine rings is 2. The van der Waals surface area contributed by atoms with Crippen molar-refractivity contribution in [1.29, 1.82) is 0 Å². The minimum atomic E-state index is 0.553. The molecular weight excluding hydrogens is 296 g/mol. The van der Waals surface area contributed by atoms with Gasteiger partial charge >= 0.3 is 0 Å². The van der Waals surface area contributed by atoms with Crippen LogP contribution in [0.5, 0.6) is 0 Å². The number of fused-ring (bicyclic) bond motifs is 2. The minimum Gasteiger partial charge on any atom is -0.346 e. The zero-order valence-corrected chi connectivity index (χ0v) is 14.7. The van der Waals surface area contributed by atoms with Gasteiger partial charge in [-0.25, -0.2) is 9.97 Å². The lowest BCUT2D eigenvalue weighted by Gasteiger charge is -2.05. The summed E-state index contributed by atoms with van der Waals surface area (Å²) >= 11 is 0. The van der Waals surface area contributed by atoms with Crippen molar-refractivity contribution in [2.75, 3.05) is 0 Å². The van der Waals surface area contributed by atoms with Crippen molar-refractivity contribution in [1.82, 2.24) is 19.9 Å². The van der Waals surface area contributed by atoms with Crippen molar-refractivity contribution >= 4 is 22.1 Å². The van der Waals surface area contributed by atoms with E-state index in [1.54, 1.807) is 0 Å². The number of aromatic amines is 2. The van der Waals surface area contributed by atoms with Gasteiger partial charge in [0.25, 0.3) is 0 Å². The Morgan fingerprint density at radius 3 is 2.33 bits per heavy atom. The van der Waals surface area contributed by atoms with E-state index in [2.05, 4.69) is 65.8 Å². The van der Waals surface area contributed by atoms with Crippen molar-refractivity contribution in [2.24, 2.45) is 0 Å². The fraction of sp³-hybridized carbons (Fsp3) is 0.300. The smallest absolute Gasteiger partial charge is 0.137 e. The average molecular weight is 320 g/mol. The SMILES string of the molecule is CC(C)c1ccnc2[nH]ccc12.CC(C)c1cnc2[nH]ccc2c1. The first-order valence-corrected chi connectivity index (χ1v) is 8.41. The number of aromatic nitrogens is 4. The van der Waals surface area contributed by atoms with Crippen LogP contribution < -0.4 is 0 Å². The molecule has 0 aliphatic carbocycles. The summed E-state index contributed by atoms with van der Waals surface area (Å²) in [5.41, 5.74) is 4.61. The molecule has 4 aromatic rings. The Bertz CT molecular complexity index is 930. The van der Waals surface area contributed by atoms with Gasteiger partial charge < -0.3 is 9.97 Å². The Labute approximate surface area is 142 Å². The first kappa shape index (κ1) is 16.2. The first-order chi connectivity index (χ1) is 11.6. The van der Waals surface area contributed by atoms with E-state index in [4.69, 9.17) is 0 Å². The summed E-state index contributed by atoms with van der Waals surface area (Å²) in [7, 11) is 0. The van der Waals surface area contributed by atoms with Crippen LogP contribution in [0, 0.1) is 0 Å². The van der Waals surface area contributed by atoms with Crippen LogP contribution in [0.3, 0.4) is 0 Å². The van der Waals surface area contributed by atoms with Gasteiger partial charge in [0, 0.05) is 35.6 Å². The van der Waals surface area contributed by atoms with Gasteiger partial charge in [0.05, 0.1) is 0 Å². The number of H-pyrrole nitrogens is 2. The van der Waals surface area contributed by atoms with Gasteiger partial charge in [-0.15, -0.1) is 0 Å². The Balaban J connectivity index is 0.000000141. The molecule has 0 bridgehead atoms. The third-order valence-corrected chi connectivity index (χ3v) is 4.20. The van der Waals surface area contributed by atoms with Gasteiger partial charge in [-0.2, -0.15) is 0 Å². The van der Waals surface area contributed by atoms with Crippen LogP contribution >= 0.6 is 0 Å². The molecule has 124 valence electrons. The van der Waals surface area contributed by atoms with Crippen molar-refractivity contribution in [3.8, 4) is 0 Å². The van der Waals surface area contributed by atoms with Crippen LogP contribution in [0.4, 0.5) is 0 Å². The van der Waals surface area contributed by atoms with E-state index in [0.29, 0.717) is 11.8 Å². The van der Waals surface area contributed by atoms with E-state index >= 15 is 0 Å². The van der Waals surface area contributed by atoms with Crippen molar-refractivity contribution in [3.63, 3.8) is 0 Å². The second-order valence-electron chi connectivity index (χ2n) is 6.63. The molecule has 0 aromatic carbocycles. The molecule has 0 atom stereocenters. The summed E-state index contributed by atoms with van der Waals surface area (Å²) in [6, 6.07) is 8.40. The zero-order valence-electron chi connectivity index (χ0n) is 14.7. The van der Waals surface area contributed by atoms with Crippen LogP contribution in [0.15, 0.2) is 49.1 Å². The predicted octanol–water partition coefficient (Wildman–Crippen LogP) is 5.37. The van der Waals surface area contributed by atoms with Gasteiger partial charge in [-0.3, -0.25) is 0 Å². The summed E-state index contributed by atoms with van der Waals surface area (Å²) in [4.78, 5) is 14.7. The van der Waals surface area contributed by atoms with Crippen molar-refractivity contribution in [3.05, 3.63) is 60.2 Å². The fourth-order valence-electron chi connectivity index (χ4n) is 2.76. The lowest BCUT2D eigenvalue weighted by Crippen LogP contribution is -1.88. The van der Waals surface area contributed by atoms with Crippen LogP contribution in [-0.2, 0) is 0 Å². The summed E-state index contributed by atoms with van der Waals surface area (Å²) < 4.78 is 0. The number of nitrogens with zero attached hydrogens (tertiary/aromatic N) is 2. The van der Waals surface area contributed by atoms with E-state index in [0.717, 1.165) is 11.3 Å². The monoisotopic (exact) mass is 320 g/mol. The highest BCUT2D eigenvalue weighted by atomic mass is 14.8. The number of nitrogens with one attached hydrogen (secondary N) is 2. The molecule has 0 fully saturated rings. The lowest BCUT2D eigenvalue weighted by molar-refractivity contribution is 0.862. The van der Waals surface area contributed by atoms with Gasteiger partial charge in [-0.05, 0) is 47.2 Å². The second-order valence-corrected chi connectivity index (χ2v) is 6.63. The Hall–Kier alpha value is -2.62. The molecule has 0 spiro atoms. The number of hydrogen-bond acceptors (Lipinski definition) is 2. The quantitative estimate of drug-likeness (QED) is 0.521. The molecule has 0 radical (unpaired) electrons. The topological polar surface area (TPSA) is 57.4 Å². The van der Waals surface area contributed by atoms with Crippen LogP contribution in [0.1, 0.15) is 50.7 Å². The van der Waals surface area contributed by atoms with Crippen LogP contribution in [0.25, 0.3) is 22.1 Å². The Morgan fingerprint density at radius 1 is 0.833 bits per heavy atom. The third kappa shape index (κ3) is 3.32. The molecule has 4 rings (SSSR count). The number of hydrogen-bond donors (Lipinski definition) is 2. The minimum absolute atomic E-state index is 0.553. The number of rotatable bonds is 2. The maximum absolute atomic E-state index is 4.31. The molecule has 4 nitrogen and oxygen atoms in total. The standard InChI is InChI=1S/2C10H12N2/c1-7(2)8-3-5-11-10-9(8)4-6-12-10;1-7(2)9-5-8-3-4-11-10(8)12-6-9/h2*3-7H,1-2H3,(H,11,12). The predicted molar refractivity (Wildman–Crippen MR) is 100 cm³/mol. The van der Waals surface area contributed by atoms with E-state index in [1.807, 2.05) is 30.9 Å². The molecule has 4 heteroatoms. The van der Waals surface area contributed by atoms with Crippen LogP contribution in [-0.4, -0.2) is 19.9 Å². The summed E-state index contributed by atoms with van der Waals surface area (Å²) in [6.07, 6.45) is 7.64. The van der Waals surface area contributed by atoms with Gasteiger partial charge in [0.15, 0.2) is 0 Å². The molecule has 0 aliphatic rings. The highest BCUT2D eigenvalue weighted by Gasteiger charge is 2.05. The van der Waals surface area contributed by atoms with E-state index < -0.39 is 0 Å². The van der Waals surface area contributed by atoms with Crippen LogP contribution in [0.2, 0.25) is 0 Å². The summed E-state index contributed by atoms with van der Waals surface area (Å²) in [5.74, 6) is 1.11. The molecule has 2 N–H and O–H groups in total. The third-order valence-electron chi connectivity index (χ3n) is 4.20. The summed E-state index contributed by atoms with van der Waals surface area (Å²) in [6.45, 7) is 8.74. The lowest BCUT2D eigenvalue weighted by atomic mass is 10.0. The first-order valence-electron chi connectivity index (χ1n) is 8.41. The van der Waals surface area contributed by atoms with E-state index in [-0.39, 0.29) is 0 Å². The largest absolute Gasteiger partial charge is 0.346 e. The van der Waals surface area contributed by atoms with Crippen molar-refractivity contribution in [2.45, 2.75) is 39.5 Å². The molecule has 0 saturated heterocycles. The maximum atomic E-state index is 4.31. The van der Waals surface area contributed by atoms with Gasteiger partial charge in [-0.1, -0.05) is 27.7 Å². The Morgan fingerprint density at radius 2 is 1.58 bits per heavy atom. The zero-order chi connectivity index (χ0) is 17.1. The van der Waals surface area contributed by atoms with Gasteiger partial charge in [0.2, 0.25) is 0 Å². The Kier molecular flexibility index (Phi) is 4.65. The molecule has 0 aliphatic heterocycles. The molecule has 0 unspecified atom stereocenters. The van der Waals surface area contributed by atoms with Gasteiger partial charge in [0.1, 0.15) is 11.3 Å². The molecular formula is C20H24N4. The highest BCUT2D eigenvalue weighted by Crippen LogP contribution is 2.22. The normalized spacial score (nSPS) is 11.2. The molecule has 0 saturated carbocycles. The van der Waals surface area contributed by atoms with E-state index in [1.165, 1.54) is 21.9 Å². The molecule has 4 heterocycles. The van der Waals surface area contributed by atoms with Crippen molar-refractivity contribution < 1.29 is 0 Å². The summed E-state index contributed by atoms with van der Waals surface area (Å²) in [5, 5.41) is 2.44. The molecule has 0 amide bonds.